The average Bonchev–Trinajstić information content (AvgIpc) is 2.92. The zero-order chi connectivity index (χ0) is 16.4. The maximum absolute atomic E-state index is 6.01. The lowest BCUT2D eigenvalue weighted by Crippen LogP contribution is -2.12. The second-order valence-electron chi connectivity index (χ2n) is 5.16. The van der Waals surface area contributed by atoms with E-state index in [4.69, 9.17) is 14.9 Å². The molecule has 7 heteroatoms. The number of methoxy groups -OCH3 is 1. The summed E-state index contributed by atoms with van der Waals surface area (Å²) in [4.78, 5) is 12.1. The summed E-state index contributed by atoms with van der Waals surface area (Å²) in [7, 11) is 1.48. The first kappa shape index (κ1) is 15.1. The van der Waals surface area contributed by atoms with E-state index in [2.05, 4.69) is 33.3 Å². The van der Waals surface area contributed by atoms with Gasteiger partial charge >= 0.3 is 6.01 Å². The lowest BCUT2D eigenvalue weighted by atomic mass is 10.1. The molecule has 0 fully saturated rings. The van der Waals surface area contributed by atoms with Crippen molar-refractivity contribution in [3.8, 4) is 6.01 Å². The smallest absolute Gasteiger partial charge is 0.322 e. The Morgan fingerprint density at radius 1 is 1.26 bits per heavy atom. The van der Waals surface area contributed by atoms with Gasteiger partial charge in [-0.2, -0.15) is 15.0 Å². The van der Waals surface area contributed by atoms with Crippen LogP contribution in [0.15, 0.2) is 28.7 Å². The van der Waals surface area contributed by atoms with Gasteiger partial charge in [-0.1, -0.05) is 25.1 Å². The van der Waals surface area contributed by atoms with Crippen molar-refractivity contribution in [1.82, 2.24) is 15.0 Å². The summed E-state index contributed by atoms with van der Waals surface area (Å²) < 4.78 is 11.0. The summed E-state index contributed by atoms with van der Waals surface area (Å²) in [6.07, 6.45) is 0.876. The third-order valence-electron chi connectivity index (χ3n) is 3.64. The first-order chi connectivity index (χ1) is 11.1. The van der Waals surface area contributed by atoms with Crippen LogP contribution in [0.2, 0.25) is 0 Å². The molecule has 0 saturated heterocycles. The molecule has 0 bridgehead atoms. The van der Waals surface area contributed by atoms with Crippen LogP contribution in [0.4, 0.5) is 11.9 Å². The van der Waals surface area contributed by atoms with E-state index in [9.17, 15) is 0 Å². The number of anilines is 2. The van der Waals surface area contributed by atoms with Crippen LogP contribution in [0.3, 0.4) is 0 Å². The van der Waals surface area contributed by atoms with Gasteiger partial charge in [-0.15, -0.1) is 0 Å². The van der Waals surface area contributed by atoms with E-state index in [0.29, 0.717) is 5.95 Å². The largest absolute Gasteiger partial charge is 0.467 e. The van der Waals surface area contributed by atoms with Gasteiger partial charge in [-0.3, -0.25) is 0 Å². The molecular weight excluding hydrogens is 294 g/mol. The number of fused-ring (bicyclic) bond motifs is 1. The van der Waals surface area contributed by atoms with Crippen molar-refractivity contribution in [3.05, 3.63) is 35.6 Å². The molecule has 0 spiro atoms. The third kappa shape index (κ3) is 2.90. The summed E-state index contributed by atoms with van der Waals surface area (Å²) in [6.45, 7) is 4.10. The second-order valence-corrected chi connectivity index (χ2v) is 5.16. The number of nitrogens with two attached hydrogens (primary N) is 1. The van der Waals surface area contributed by atoms with E-state index in [1.165, 1.54) is 12.7 Å². The number of benzene rings is 1. The highest BCUT2D eigenvalue weighted by atomic mass is 16.5. The summed E-state index contributed by atoms with van der Waals surface area (Å²) in [6, 6.07) is 8.06. The number of nitrogen functional groups attached to an aromatic ring is 1. The maximum Gasteiger partial charge on any atom is 0.322 e. The Labute approximate surface area is 133 Å². The van der Waals surface area contributed by atoms with Gasteiger partial charge in [0.2, 0.25) is 11.9 Å². The lowest BCUT2D eigenvalue weighted by Gasteiger charge is -2.13. The van der Waals surface area contributed by atoms with Crippen molar-refractivity contribution >= 4 is 22.9 Å². The van der Waals surface area contributed by atoms with E-state index < -0.39 is 0 Å². The van der Waals surface area contributed by atoms with Gasteiger partial charge in [0.25, 0.3) is 0 Å². The van der Waals surface area contributed by atoms with Crippen LogP contribution in [0.25, 0.3) is 11.0 Å². The van der Waals surface area contributed by atoms with Gasteiger partial charge in [-0.05, 0) is 19.4 Å². The minimum Gasteiger partial charge on any atom is -0.467 e. The van der Waals surface area contributed by atoms with E-state index in [1.54, 1.807) is 0 Å². The monoisotopic (exact) mass is 313 g/mol. The first-order valence-corrected chi connectivity index (χ1v) is 7.44. The maximum atomic E-state index is 6.01. The summed E-state index contributed by atoms with van der Waals surface area (Å²) in [5.41, 5.74) is 7.71. The van der Waals surface area contributed by atoms with Crippen LogP contribution in [-0.4, -0.2) is 22.1 Å². The number of rotatable bonds is 5. The van der Waals surface area contributed by atoms with Crippen LogP contribution < -0.4 is 15.8 Å². The predicted octanol–water partition coefficient (Wildman–Crippen LogP) is 2.94. The number of ether oxygens (including phenoxy) is 1. The zero-order valence-corrected chi connectivity index (χ0v) is 13.3. The lowest BCUT2D eigenvalue weighted by molar-refractivity contribution is 0.379. The van der Waals surface area contributed by atoms with E-state index in [0.717, 1.165) is 23.2 Å². The molecule has 120 valence electrons. The van der Waals surface area contributed by atoms with Crippen molar-refractivity contribution in [1.29, 1.82) is 0 Å². The van der Waals surface area contributed by atoms with Crippen molar-refractivity contribution < 1.29 is 9.15 Å². The van der Waals surface area contributed by atoms with Crippen LogP contribution >= 0.6 is 0 Å². The first-order valence-electron chi connectivity index (χ1n) is 7.44. The second kappa shape index (κ2) is 6.12. The standard InChI is InChI=1S/C16H19N5O2/c1-4-10-11-7-5-6-8-12(11)23-13(10)9(2)18-15-19-14(17)20-16(21-15)22-3/h5-9H,4H2,1-3H3,(H3,17,18,19,20,21). The van der Waals surface area contributed by atoms with Gasteiger partial charge in [0, 0.05) is 10.9 Å². The van der Waals surface area contributed by atoms with Gasteiger partial charge in [0.05, 0.1) is 13.2 Å². The Morgan fingerprint density at radius 2 is 2.04 bits per heavy atom. The van der Waals surface area contributed by atoms with Crippen LogP contribution in [0.5, 0.6) is 6.01 Å². The molecule has 0 amide bonds. The fourth-order valence-corrected chi connectivity index (χ4v) is 2.62. The number of aryl methyl sites for hydroxylation is 1. The quantitative estimate of drug-likeness (QED) is 0.747. The Kier molecular flexibility index (Phi) is 4.01. The molecule has 0 aliphatic heterocycles. The van der Waals surface area contributed by atoms with E-state index >= 15 is 0 Å². The molecule has 3 aromatic rings. The number of hydrogen-bond acceptors (Lipinski definition) is 7. The molecule has 7 nitrogen and oxygen atoms in total. The number of nitrogens with zero attached hydrogens (tertiary/aromatic N) is 3. The minimum absolute atomic E-state index is 0.104. The molecule has 1 aromatic carbocycles. The van der Waals surface area contributed by atoms with Crippen molar-refractivity contribution in [3.63, 3.8) is 0 Å². The molecule has 3 rings (SSSR count). The number of para-hydroxylation sites is 1. The Morgan fingerprint density at radius 3 is 2.78 bits per heavy atom. The summed E-state index contributed by atoms with van der Waals surface area (Å²) in [5.74, 6) is 1.32. The molecular formula is C16H19N5O2. The Bertz CT molecular complexity index is 830. The molecule has 23 heavy (non-hydrogen) atoms. The van der Waals surface area contributed by atoms with Gasteiger partial charge in [-0.25, -0.2) is 0 Å². The third-order valence-corrected chi connectivity index (χ3v) is 3.64. The van der Waals surface area contributed by atoms with Crippen LogP contribution in [0.1, 0.15) is 31.2 Å². The SMILES string of the molecule is CCc1c(C(C)Nc2nc(N)nc(OC)n2)oc2ccccc12. The van der Waals surface area contributed by atoms with Gasteiger partial charge in [0.1, 0.15) is 11.3 Å². The normalized spacial score (nSPS) is 12.3. The van der Waals surface area contributed by atoms with Crippen molar-refractivity contribution in [2.45, 2.75) is 26.3 Å². The van der Waals surface area contributed by atoms with E-state index in [-0.39, 0.29) is 18.0 Å². The molecule has 1 unspecified atom stereocenters. The number of nitrogens with one attached hydrogen (secondary N) is 1. The molecule has 0 aliphatic rings. The molecule has 1 atom stereocenters. The fraction of sp³-hybridized carbons (Fsp3) is 0.312. The molecule has 0 radical (unpaired) electrons. The van der Waals surface area contributed by atoms with Crippen LogP contribution in [-0.2, 0) is 6.42 Å². The molecule has 0 saturated carbocycles. The van der Waals surface area contributed by atoms with Crippen molar-refractivity contribution in [2.75, 3.05) is 18.2 Å². The molecule has 3 N–H and O–H groups in total. The minimum atomic E-state index is -0.121. The number of hydrogen-bond donors (Lipinski definition) is 2. The predicted molar refractivity (Wildman–Crippen MR) is 88.4 cm³/mol. The Hall–Kier alpha value is -2.83. The van der Waals surface area contributed by atoms with Gasteiger partial charge < -0.3 is 20.2 Å². The average molecular weight is 313 g/mol. The van der Waals surface area contributed by atoms with Crippen LogP contribution in [0, 0.1) is 0 Å². The topological polar surface area (TPSA) is 99.1 Å². The Balaban J connectivity index is 1.94. The fourth-order valence-electron chi connectivity index (χ4n) is 2.62. The summed E-state index contributed by atoms with van der Waals surface area (Å²) in [5, 5.41) is 4.32. The number of furan rings is 1. The molecule has 2 aromatic heterocycles. The molecule has 2 heterocycles. The van der Waals surface area contributed by atoms with Crippen molar-refractivity contribution in [2.24, 2.45) is 0 Å². The highest BCUT2D eigenvalue weighted by molar-refractivity contribution is 5.82. The zero-order valence-electron chi connectivity index (χ0n) is 13.3. The van der Waals surface area contributed by atoms with Gasteiger partial charge in [0.15, 0.2) is 0 Å². The number of aromatic nitrogens is 3. The van der Waals surface area contributed by atoms with E-state index in [1.807, 2.05) is 25.1 Å². The highest BCUT2D eigenvalue weighted by Crippen LogP contribution is 2.31. The molecule has 0 aliphatic carbocycles. The summed E-state index contributed by atoms with van der Waals surface area (Å²) >= 11 is 0. The highest BCUT2D eigenvalue weighted by Gasteiger charge is 2.19.